The molecule has 0 unspecified atom stereocenters. The molecule has 6 rings (SSSR count). The van der Waals surface area contributed by atoms with E-state index in [1.165, 1.54) is 15.8 Å². The second-order valence-corrected chi connectivity index (χ2v) is 14.8. The first-order valence-electron chi connectivity index (χ1n) is 18.1. The van der Waals surface area contributed by atoms with Crippen LogP contribution in [0.15, 0.2) is 48.7 Å². The number of primary amides is 1. The number of carbonyl (C=O) groups is 5. The Morgan fingerprint density at radius 2 is 1.75 bits per heavy atom. The van der Waals surface area contributed by atoms with Gasteiger partial charge >= 0.3 is 6.03 Å². The van der Waals surface area contributed by atoms with Crippen LogP contribution in [0.1, 0.15) is 83.4 Å². The molecule has 2 aromatic carbocycles. The Morgan fingerprint density at radius 1 is 1.04 bits per heavy atom. The van der Waals surface area contributed by atoms with E-state index in [0.29, 0.717) is 17.8 Å². The smallest absolute Gasteiger partial charge is 0.319 e. The molecule has 0 radical (unpaired) electrons. The number of hydrogen-bond donors (Lipinski definition) is 5. The van der Waals surface area contributed by atoms with Gasteiger partial charge in [-0.1, -0.05) is 67.6 Å². The van der Waals surface area contributed by atoms with Crippen LogP contribution < -0.4 is 21.7 Å². The summed E-state index contributed by atoms with van der Waals surface area (Å²) >= 11 is 0. The first kappa shape index (κ1) is 36.9. The van der Waals surface area contributed by atoms with Crippen molar-refractivity contribution >= 4 is 46.0 Å². The second kappa shape index (κ2) is 15.4. The maximum atomic E-state index is 14.8. The fourth-order valence-corrected chi connectivity index (χ4v) is 7.89. The molecule has 1 aliphatic carbocycles. The summed E-state index contributed by atoms with van der Waals surface area (Å²) in [5.41, 5.74) is 3.46. The van der Waals surface area contributed by atoms with E-state index in [1.54, 1.807) is 19.9 Å². The quantitative estimate of drug-likeness (QED) is 0.185. The van der Waals surface area contributed by atoms with Gasteiger partial charge in [0.1, 0.15) is 23.2 Å². The molecule has 3 aliphatic rings. The molecule has 52 heavy (non-hydrogen) atoms. The number of amides is 5. The van der Waals surface area contributed by atoms with Crippen LogP contribution in [0.2, 0.25) is 0 Å². The van der Waals surface area contributed by atoms with Gasteiger partial charge in [-0.25, -0.2) is 9.48 Å². The van der Waals surface area contributed by atoms with Crippen LogP contribution in [0.25, 0.3) is 10.8 Å². The number of benzene rings is 2. The Hall–Kier alpha value is -4.89. The first-order valence-corrected chi connectivity index (χ1v) is 18.1. The van der Waals surface area contributed by atoms with E-state index < -0.39 is 58.8 Å². The van der Waals surface area contributed by atoms with Crippen molar-refractivity contribution in [1.29, 1.82) is 0 Å². The number of Topliss-reactive ketones (excluding diaryl/α,β-unsaturated/α-hetero) is 1. The Balaban J connectivity index is 1.30. The molecule has 278 valence electrons. The fourth-order valence-electron chi connectivity index (χ4n) is 7.89. The molecular formula is C37H48N8O7. The lowest BCUT2D eigenvalue weighted by atomic mass is 9.84. The summed E-state index contributed by atoms with van der Waals surface area (Å²) < 4.78 is 6.94. The molecule has 3 heterocycles. The van der Waals surface area contributed by atoms with E-state index in [-0.39, 0.29) is 44.9 Å². The van der Waals surface area contributed by atoms with Gasteiger partial charge in [0.2, 0.25) is 17.6 Å². The van der Waals surface area contributed by atoms with Gasteiger partial charge in [-0.2, -0.15) is 0 Å². The third-order valence-electron chi connectivity index (χ3n) is 10.7. The Bertz CT molecular complexity index is 1810. The zero-order valence-corrected chi connectivity index (χ0v) is 29.7. The van der Waals surface area contributed by atoms with E-state index in [2.05, 4.69) is 26.3 Å². The number of likely N-dealkylation sites (tertiary alicyclic amines) is 1. The van der Waals surface area contributed by atoms with E-state index in [0.717, 1.165) is 42.9 Å². The molecule has 15 nitrogen and oxygen atoms in total. The maximum absolute atomic E-state index is 14.8. The number of nitrogens with zero attached hydrogens (tertiary/aromatic N) is 4. The first-order chi connectivity index (χ1) is 24.8. The van der Waals surface area contributed by atoms with Crippen molar-refractivity contribution in [2.45, 2.75) is 101 Å². The average molecular weight is 717 g/mol. The molecule has 1 saturated carbocycles. The monoisotopic (exact) mass is 716 g/mol. The molecule has 5 amide bonds. The number of fused-ring (bicyclic) bond motifs is 1. The number of ketones is 1. The van der Waals surface area contributed by atoms with Crippen molar-refractivity contribution in [3.8, 4) is 0 Å². The van der Waals surface area contributed by atoms with Gasteiger partial charge in [0, 0.05) is 44.7 Å². The van der Waals surface area contributed by atoms with Gasteiger partial charge in [0.15, 0.2) is 0 Å². The number of rotatable bonds is 11. The number of nitrogens with one attached hydrogen (secondary N) is 3. The Morgan fingerprint density at radius 3 is 2.44 bits per heavy atom. The minimum Gasteiger partial charge on any atom is -0.384 e. The van der Waals surface area contributed by atoms with E-state index in [9.17, 15) is 29.1 Å². The lowest BCUT2D eigenvalue weighted by Crippen LogP contribution is -2.64. The third-order valence-corrected chi connectivity index (χ3v) is 10.7. The zero-order chi connectivity index (χ0) is 37.0. The fraction of sp³-hybridized carbons (Fsp3) is 0.541. The molecule has 2 saturated heterocycles. The lowest BCUT2D eigenvalue weighted by Gasteiger charge is -2.37. The number of anilines is 1. The maximum Gasteiger partial charge on any atom is 0.319 e. The van der Waals surface area contributed by atoms with E-state index in [4.69, 9.17) is 10.5 Å². The van der Waals surface area contributed by atoms with Crippen LogP contribution in [-0.2, 0) is 29.5 Å². The summed E-state index contributed by atoms with van der Waals surface area (Å²) in [6.07, 6.45) is 6.95. The van der Waals surface area contributed by atoms with Crippen LogP contribution in [-0.4, -0.2) is 91.9 Å². The highest BCUT2D eigenvalue weighted by Crippen LogP contribution is 2.34. The summed E-state index contributed by atoms with van der Waals surface area (Å²) in [4.78, 5) is 69.3. The standard InChI is InChI=1S/C37H48N8O7/c1-36(2,51)30-21-39-43-45(30)27-20-29(33(48)42-37(31(46)32(38)47)14-16-52-17-15-37)44(22-27)34(49)28(18-23-8-4-3-5-9-23)41-35(50)40-26-13-12-24-10-6-7-11-25(24)19-26/h6-7,10-13,19,21,23,27-29,51H,3-5,8-9,14-18,20,22H2,1-2H3,(H2,38,47)(H,42,48)(H2,40,41,50)/t27-,28+,29-/m0/s1. The van der Waals surface area contributed by atoms with Crippen LogP contribution in [0.4, 0.5) is 10.5 Å². The summed E-state index contributed by atoms with van der Waals surface area (Å²) in [5, 5.41) is 29.7. The summed E-state index contributed by atoms with van der Waals surface area (Å²) in [6, 6.07) is 10.1. The van der Waals surface area contributed by atoms with Gasteiger partial charge in [0.05, 0.1) is 17.9 Å². The topological polar surface area (TPSA) is 211 Å². The molecule has 15 heteroatoms. The molecule has 0 spiro atoms. The van der Waals surface area contributed by atoms with Crippen LogP contribution >= 0.6 is 0 Å². The molecule has 3 aromatic rings. The van der Waals surface area contributed by atoms with Crippen molar-refractivity contribution in [3.05, 3.63) is 54.4 Å². The van der Waals surface area contributed by atoms with Crippen LogP contribution in [0.3, 0.4) is 0 Å². The number of nitrogens with two attached hydrogens (primary N) is 1. The van der Waals surface area contributed by atoms with Crippen molar-refractivity contribution < 1.29 is 33.8 Å². The normalized spacial score (nSPS) is 21.3. The van der Waals surface area contributed by atoms with E-state index in [1.807, 2.05) is 36.4 Å². The average Bonchev–Trinajstić information content (AvgIpc) is 3.80. The molecule has 0 bridgehead atoms. The zero-order valence-electron chi connectivity index (χ0n) is 29.7. The third kappa shape index (κ3) is 8.10. The lowest BCUT2D eigenvalue weighted by molar-refractivity contribution is -0.147. The number of urea groups is 1. The molecule has 6 N–H and O–H groups in total. The number of carbonyl (C=O) groups excluding carboxylic acids is 5. The van der Waals surface area contributed by atoms with Crippen molar-refractivity contribution in [2.24, 2.45) is 11.7 Å². The van der Waals surface area contributed by atoms with Crippen molar-refractivity contribution in [1.82, 2.24) is 30.5 Å². The highest BCUT2D eigenvalue weighted by molar-refractivity contribution is 6.39. The summed E-state index contributed by atoms with van der Waals surface area (Å²) in [6.45, 7) is 3.45. The van der Waals surface area contributed by atoms with Gasteiger partial charge in [0.25, 0.3) is 5.91 Å². The predicted molar refractivity (Wildman–Crippen MR) is 191 cm³/mol. The van der Waals surface area contributed by atoms with Crippen molar-refractivity contribution in [3.63, 3.8) is 0 Å². The molecule has 3 fully saturated rings. The predicted octanol–water partition coefficient (Wildman–Crippen LogP) is 2.68. The largest absolute Gasteiger partial charge is 0.384 e. The molecular weight excluding hydrogens is 668 g/mol. The van der Waals surface area contributed by atoms with Gasteiger partial charge in [-0.05, 0) is 49.1 Å². The number of hydrogen-bond acceptors (Lipinski definition) is 9. The summed E-state index contributed by atoms with van der Waals surface area (Å²) in [7, 11) is 0. The Labute approximate surface area is 302 Å². The number of aliphatic hydroxyl groups is 1. The van der Waals surface area contributed by atoms with E-state index >= 15 is 0 Å². The van der Waals surface area contributed by atoms with Gasteiger partial charge in [-0.3, -0.25) is 19.2 Å². The summed E-state index contributed by atoms with van der Waals surface area (Å²) in [5.74, 6) is -3.03. The van der Waals surface area contributed by atoms with Gasteiger partial charge in [-0.15, -0.1) is 5.10 Å². The Kier molecular flexibility index (Phi) is 10.9. The minimum absolute atomic E-state index is 0.0123. The molecule has 3 atom stereocenters. The molecule has 1 aromatic heterocycles. The van der Waals surface area contributed by atoms with Crippen LogP contribution in [0, 0.1) is 5.92 Å². The van der Waals surface area contributed by atoms with Crippen molar-refractivity contribution in [2.75, 3.05) is 25.1 Å². The van der Waals surface area contributed by atoms with Crippen LogP contribution in [0.5, 0.6) is 0 Å². The highest BCUT2D eigenvalue weighted by atomic mass is 16.5. The number of ether oxygens (including phenoxy) is 1. The minimum atomic E-state index is -1.58. The SMILES string of the molecule is CC(C)(O)c1cnnn1[C@H]1C[C@@H](C(=O)NC2(C(=O)C(N)=O)CCOCC2)N(C(=O)[C@@H](CC2CCCCC2)NC(=O)Nc2ccc3ccccc3c2)C1. The second-order valence-electron chi connectivity index (χ2n) is 14.8. The molecule has 2 aliphatic heterocycles. The number of aromatic nitrogens is 3. The van der Waals surface area contributed by atoms with Gasteiger partial charge < -0.3 is 36.4 Å². The highest BCUT2D eigenvalue weighted by Gasteiger charge is 2.49.